The molecule has 0 bridgehead atoms. The van der Waals surface area contributed by atoms with Gasteiger partial charge in [-0.25, -0.2) is 35.9 Å². The van der Waals surface area contributed by atoms with Gasteiger partial charge < -0.3 is 18.9 Å². The Hall–Kier alpha value is -6.06. The van der Waals surface area contributed by atoms with Gasteiger partial charge in [0.15, 0.2) is 40.3 Å². The number of hydrogen-bond acceptors (Lipinski definition) is 8. The second-order valence-corrected chi connectivity index (χ2v) is 11.4. The molecule has 0 spiro atoms. The van der Waals surface area contributed by atoms with Crippen molar-refractivity contribution in [3.8, 4) is 11.5 Å². The van der Waals surface area contributed by atoms with Crippen molar-refractivity contribution < 1.29 is 64.5 Å². The van der Waals surface area contributed by atoms with E-state index >= 15 is 0 Å². The summed E-state index contributed by atoms with van der Waals surface area (Å²) in [5.74, 6) is -11.4. The van der Waals surface area contributed by atoms with Gasteiger partial charge in [0.2, 0.25) is 0 Å². The van der Waals surface area contributed by atoms with Gasteiger partial charge in [0, 0.05) is 23.3 Å². The lowest BCUT2D eigenvalue weighted by atomic mass is 9.94. The van der Waals surface area contributed by atoms with Crippen molar-refractivity contribution in [2.24, 2.45) is 5.41 Å². The van der Waals surface area contributed by atoms with Crippen molar-refractivity contribution in [3.63, 3.8) is 0 Å². The maximum absolute atomic E-state index is 13.8. The second kappa shape index (κ2) is 15.7. The molecule has 16 heteroatoms. The third-order valence-electron chi connectivity index (χ3n) is 7.27. The molecular formula is C35H28F6N2O8. The Labute approximate surface area is 286 Å². The van der Waals surface area contributed by atoms with Crippen LogP contribution in [-0.2, 0) is 32.3 Å². The molecule has 4 aromatic carbocycles. The van der Waals surface area contributed by atoms with Crippen LogP contribution in [0.4, 0.5) is 47.3 Å². The number of carbonyl (C=O) groups excluding carboxylic acids is 4. The van der Waals surface area contributed by atoms with Crippen molar-refractivity contribution in [2.75, 3.05) is 10.6 Å². The Morgan fingerprint density at radius 1 is 0.588 bits per heavy atom. The third kappa shape index (κ3) is 9.14. The molecule has 51 heavy (non-hydrogen) atoms. The topological polar surface area (TPSA) is 129 Å². The normalized spacial score (nSPS) is 11.0. The molecule has 2 N–H and O–H groups in total. The minimum absolute atomic E-state index is 0.0440. The van der Waals surface area contributed by atoms with Gasteiger partial charge in [-0.1, -0.05) is 24.3 Å². The zero-order valence-electron chi connectivity index (χ0n) is 27.2. The van der Waals surface area contributed by atoms with Crippen molar-refractivity contribution in [1.82, 2.24) is 0 Å². The molecular weight excluding hydrogens is 690 g/mol. The minimum atomic E-state index is -1.79. The SMILES string of the molecule is Cc1c(NC(=O)Oc2cccc(COC(=O)C(C)(C)C(=O)OCc3cccc(OC(=O)Nc4cc(F)c(F)c(F)c4C)c3)c2)cc(F)c(F)c1F. The number of hydrogen-bond donors (Lipinski definition) is 2. The van der Waals surface area contributed by atoms with Gasteiger partial charge in [0.1, 0.15) is 24.7 Å². The Kier molecular flexibility index (Phi) is 11.6. The van der Waals surface area contributed by atoms with Crippen LogP contribution in [0.3, 0.4) is 0 Å². The van der Waals surface area contributed by atoms with Crippen molar-refractivity contribution in [3.05, 3.63) is 118 Å². The summed E-state index contributed by atoms with van der Waals surface area (Å²) in [5.41, 5.74) is -2.54. The number of rotatable bonds is 10. The summed E-state index contributed by atoms with van der Waals surface area (Å²) in [6, 6.07) is 12.5. The van der Waals surface area contributed by atoms with E-state index in [4.69, 9.17) is 18.9 Å². The quantitative estimate of drug-likeness (QED) is 0.0728. The standard InChI is InChI=1S/C35H28F6N2O8/c1-17-25(13-23(36)29(40)27(17)38)42-33(46)50-21-9-5-7-19(11-21)15-48-31(44)35(3,4)32(45)49-16-20-8-6-10-22(12-20)51-34(47)43-26-14-24(37)30(41)28(39)18(26)2/h5-14H,15-16H2,1-4H3,(H,42,46)(H,43,47). The van der Waals surface area contributed by atoms with E-state index in [1.54, 1.807) is 0 Å². The largest absolute Gasteiger partial charge is 0.460 e. The van der Waals surface area contributed by atoms with Crippen LogP contribution in [0.25, 0.3) is 0 Å². The molecule has 0 unspecified atom stereocenters. The first-order chi connectivity index (χ1) is 24.0. The smallest absolute Gasteiger partial charge is 0.417 e. The second-order valence-electron chi connectivity index (χ2n) is 11.4. The first-order valence-corrected chi connectivity index (χ1v) is 14.8. The number of ether oxygens (including phenoxy) is 4. The zero-order valence-corrected chi connectivity index (χ0v) is 27.2. The van der Waals surface area contributed by atoms with Crippen LogP contribution in [0.1, 0.15) is 36.1 Å². The fourth-order valence-corrected chi connectivity index (χ4v) is 4.26. The van der Waals surface area contributed by atoms with E-state index in [1.165, 1.54) is 62.4 Å². The molecule has 0 saturated carbocycles. The fraction of sp³-hybridized carbons (Fsp3) is 0.200. The molecule has 10 nitrogen and oxygen atoms in total. The van der Waals surface area contributed by atoms with Gasteiger partial charge in [0.05, 0.1) is 11.4 Å². The van der Waals surface area contributed by atoms with Gasteiger partial charge in [-0.2, -0.15) is 0 Å². The minimum Gasteiger partial charge on any atom is -0.460 e. The molecule has 0 aromatic heterocycles. The number of halogens is 6. The van der Waals surface area contributed by atoms with Crippen LogP contribution in [0.2, 0.25) is 0 Å². The van der Waals surface area contributed by atoms with Crippen molar-refractivity contribution in [2.45, 2.75) is 40.9 Å². The van der Waals surface area contributed by atoms with E-state index in [-0.39, 0.29) is 47.2 Å². The summed E-state index contributed by atoms with van der Waals surface area (Å²) in [6.07, 6.45) is -2.29. The molecule has 0 aliphatic heterocycles. The van der Waals surface area contributed by atoms with E-state index in [9.17, 15) is 45.5 Å². The zero-order chi connectivity index (χ0) is 37.6. The maximum atomic E-state index is 13.8. The molecule has 4 rings (SSSR count). The third-order valence-corrected chi connectivity index (χ3v) is 7.27. The Balaban J connectivity index is 1.29. The summed E-state index contributed by atoms with van der Waals surface area (Å²) in [7, 11) is 0. The van der Waals surface area contributed by atoms with Gasteiger partial charge in [0.25, 0.3) is 0 Å². The molecule has 0 atom stereocenters. The summed E-state index contributed by atoms with van der Waals surface area (Å²) in [6.45, 7) is 4.06. The molecule has 2 amide bonds. The van der Waals surface area contributed by atoms with Crippen LogP contribution in [-0.4, -0.2) is 24.1 Å². The highest BCUT2D eigenvalue weighted by molar-refractivity contribution is 5.99. The Morgan fingerprint density at radius 2 is 0.961 bits per heavy atom. The molecule has 268 valence electrons. The predicted molar refractivity (Wildman–Crippen MR) is 168 cm³/mol. The van der Waals surface area contributed by atoms with Crippen LogP contribution < -0.4 is 20.1 Å². The number of anilines is 2. The number of nitrogens with one attached hydrogen (secondary N) is 2. The number of carbonyl (C=O) groups is 4. The fourth-order valence-electron chi connectivity index (χ4n) is 4.26. The van der Waals surface area contributed by atoms with Gasteiger partial charge in [-0.15, -0.1) is 0 Å². The van der Waals surface area contributed by atoms with Crippen LogP contribution in [0, 0.1) is 54.2 Å². The predicted octanol–water partition coefficient (Wildman–Crippen LogP) is 8.17. The maximum Gasteiger partial charge on any atom is 0.417 e. The summed E-state index contributed by atoms with van der Waals surface area (Å²) >= 11 is 0. The van der Waals surface area contributed by atoms with Gasteiger partial charge in [-0.3, -0.25) is 20.2 Å². The lowest BCUT2D eigenvalue weighted by Gasteiger charge is -2.21. The lowest BCUT2D eigenvalue weighted by molar-refractivity contribution is -0.171. The number of esters is 2. The number of amides is 2. The molecule has 0 aliphatic carbocycles. The Morgan fingerprint density at radius 3 is 1.33 bits per heavy atom. The van der Waals surface area contributed by atoms with E-state index in [0.717, 1.165) is 13.8 Å². The Bertz CT molecular complexity index is 1880. The highest BCUT2D eigenvalue weighted by atomic mass is 19.2. The average molecular weight is 719 g/mol. The highest BCUT2D eigenvalue weighted by Gasteiger charge is 2.39. The molecule has 0 saturated heterocycles. The summed E-state index contributed by atoms with van der Waals surface area (Å²) in [4.78, 5) is 50.3. The van der Waals surface area contributed by atoms with E-state index in [1.807, 2.05) is 0 Å². The summed E-state index contributed by atoms with van der Waals surface area (Å²) in [5, 5.41) is 4.24. The molecule has 4 aromatic rings. The summed E-state index contributed by atoms with van der Waals surface area (Å²) < 4.78 is 102. The van der Waals surface area contributed by atoms with Crippen LogP contribution in [0.15, 0.2) is 60.7 Å². The lowest BCUT2D eigenvalue weighted by Crippen LogP contribution is -2.36. The van der Waals surface area contributed by atoms with E-state index < -0.39 is 64.4 Å². The highest BCUT2D eigenvalue weighted by Crippen LogP contribution is 2.27. The van der Waals surface area contributed by atoms with E-state index in [2.05, 4.69) is 10.6 Å². The number of benzene rings is 4. The average Bonchev–Trinajstić information content (AvgIpc) is 3.09. The first kappa shape index (κ1) is 37.8. The van der Waals surface area contributed by atoms with Crippen LogP contribution in [0.5, 0.6) is 11.5 Å². The monoisotopic (exact) mass is 718 g/mol. The van der Waals surface area contributed by atoms with Gasteiger partial charge >= 0.3 is 24.1 Å². The van der Waals surface area contributed by atoms with E-state index in [0.29, 0.717) is 23.3 Å². The van der Waals surface area contributed by atoms with Gasteiger partial charge in [-0.05, 0) is 63.1 Å². The molecule has 0 fully saturated rings. The van der Waals surface area contributed by atoms with Crippen molar-refractivity contribution in [1.29, 1.82) is 0 Å². The van der Waals surface area contributed by atoms with Crippen molar-refractivity contribution >= 4 is 35.5 Å². The van der Waals surface area contributed by atoms with Crippen LogP contribution >= 0.6 is 0 Å². The molecule has 0 heterocycles. The molecule has 0 radical (unpaired) electrons. The molecule has 0 aliphatic rings. The first-order valence-electron chi connectivity index (χ1n) is 14.8.